The molecule has 0 aliphatic rings. The molecule has 0 aromatic carbocycles. The van der Waals surface area contributed by atoms with Crippen molar-refractivity contribution >= 4 is 33.1 Å². The van der Waals surface area contributed by atoms with Gasteiger partial charge in [0.15, 0.2) is 0 Å². The van der Waals surface area contributed by atoms with Gasteiger partial charge in [-0.15, -0.1) is 11.3 Å². The highest BCUT2D eigenvalue weighted by molar-refractivity contribution is 7.16. The fraction of sp³-hybridized carbons (Fsp3) is 0. The summed E-state index contributed by atoms with van der Waals surface area (Å²) in [7, 11) is 0. The van der Waals surface area contributed by atoms with E-state index in [2.05, 4.69) is 15.3 Å². The molecule has 0 fully saturated rings. The monoisotopic (exact) mass is 287 g/mol. The number of carbonyl (C=O) groups is 1. The molecule has 0 radical (unpaired) electrons. The van der Waals surface area contributed by atoms with Crippen LogP contribution in [-0.4, -0.2) is 21.0 Å². The Kier molecular flexibility index (Phi) is 2.96. The van der Waals surface area contributed by atoms with Gasteiger partial charge in [0, 0.05) is 18.1 Å². The van der Waals surface area contributed by atoms with E-state index < -0.39 is 11.5 Å². The zero-order chi connectivity index (χ0) is 14.1. The Balaban J connectivity index is 2.05. The van der Waals surface area contributed by atoms with Gasteiger partial charge in [-0.3, -0.25) is 14.6 Å². The summed E-state index contributed by atoms with van der Waals surface area (Å²) in [6.07, 6.45) is 3.03. The second-order valence-corrected chi connectivity index (χ2v) is 4.95. The largest absolute Gasteiger partial charge is 0.506 e. The molecule has 3 aromatic heterocycles. The van der Waals surface area contributed by atoms with Crippen LogP contribution < -0.4 is 10.9 Å². The molecule has 0 unspecified atom stereocenters. The average Bonchev–Trinajstić information content (AvgIpc) is 2.88. The van der Waals surface area contributed by atoms with Crippen LogP contribution >= 0.6 is 11.3 Å². The minimum absolute atomic E-state index is 0.298. The Morgan fingerprint density at radius 2 is 2.05 bits per heavy atom. The molecule has 0 spiro atoms. The fourth-order valence-electron chi connectivity index (χ4n) is 1.84. The van der Waals surface area contributed by atoms with Crippen molar-refractivity contribution in [1.82, 2.24) is 9.97 Å². The van der Waals surface area contributed by atoms with Crippen molar-refractivity contribution < 1.29 is 9.90 Å². The maximum atomic E-state index is 12.1. The number of carbonyl (C=O) groups excluding carboxylic acids is 1. The number of aromatic amines is 1. The minimum atomic E-state index is -0.664. The number of anilines is 1. The van der Waals surface area contributed by atoms with Gasteiger partial charge in [-0.25, -0.2) is 0 Å². The van der Waals surface area contributed by atoms with Crippen LogP contribution in [0.25, 0.3) is 10.2 Å². The number of rotatable bonds is 2. The van der Waals surface area contributed by atoms with E-state index in [1.54, 1.807) is 23.6 Å². The maximum Gasteiger partial charge on any atom is 0.265 e. The highest BCUT2D eigenvalue weighted by Gasteiger charge is 2.19. The Bertz CT molecular complexity index is 839. The molecule has 0 aliphatic carbocycles. The van der Waals surface area contributed by atoms with Gasteiger partial charge in [0.25, 0.3) is 11.5 Å². The molecule has 3 aromatic rings. The van der Waals surface area contributed by atoms with Gasteiger partial charge in [-0.2, -0.15) is 0 Å². The SMILES string of the molecule is O=C(Nc1ccncc1)c1c(O)c2ccsc2[nH]c1=O. The molecule has 20 heavy (non-hydrogen) atoms. The molecule has 0 saturated carbocycles. The first-order valence-corrected chi connectivity index (χ1v) is 6.58. The van der Waals surface area contributed by atoms with Crippen LogP contribution in [0, 0.1) is 0 Å². The summed E-state index contributed by atoms with van der Waals surface area (Å²) in [5.41, 5.74) is -0.425. The molecule has 3 N–H and O–H groups in total. The van der Waals surface area contributed by atoms with Gasteiger partial charge in [-0.05, 0) is 23.6 Å². The average molecular weight is 287 g/mol. The Morgan fingerprint density at radius 3 is 2.80 bits per heavy atom. The van der Waals surface area contributed by atoms with Gasteiger partial charge < -0.3 is 15.4 Å². The van der Waals surface area contributed by atoms with Gasteiger partial charge in [0.2, 0.25) is 0 Å². The van der Waals surface area contributed by atoms with E-state index in [-0.39, 0.29) is 11.3 Å². The third kappa shape index (κ3) is 2.04. The van der Waals surface area contributed by atoms with Gasteiger partial charge in [0.1, 0.15) is 16.1 Å². The van der Waals surface area contributed by atoms with Crippen molar-refractivity contribution in [1.29, 1.82) is 0 Å². The molecule has 7 heteroatoms. The smallest absolute Gasteiger partial charge is 0.265 e. The summed E-state index contributed by atoms with van der Waals surface area (Å²) in [6, 6.07) is 4.83. The second-order valence-electron chi connectivity index (χ2n) is 4.03. The van der Waals surface area contributed by atoms with Crippen LogP contribution in [0.15, 0.2) is 40.8 Å². The molecule has 0 saturated heterocycles. The van der Waals surface area contributed by atoms with E-state index in [0.717, 1.165) is 0 Å². The molecule has 3 heterocycles. The number of hydrogen-bond donors (Lipinski definition) is 3. The van der Waals surface area contributed by atoms with Crippen LogP contribution in [-0.2, 0) is 0 Å². The molecular formula is C13H9N3O3S. The molecule has 0 bridgehead atoms. The van der Waals surface area contributed by atoms with Gasteiger partial charge in [-0.1, -0.05) is 0 Å². The number of aromatic hydroxyl groups is 1. The topological polar surface area (TPSA) is 95.1 Å². The standard InChI is InChI=1S/C13H9N3O3S/c17-10-8-3-6-20-13(8)16-12(19)9(10)11(18)15-7-1-4-14-5-2-7/h1-6H,(H,14,15,18)(H2,16,17,19). The second kappa shape index (κ2) is 4.78. The third-order valence-corrected chi connectivity index (χ3v) is 3.61. The predicted octanol–water partition coefficient (Wildman–Crippen LogP) is 1.94. The van der Waals surface area contributed by atoms with Crippen molar-refractivity contribution in [3.05, 3.63) is 51.9 Å². The van der Waals surface area contributed by atoms with E-state index in [9.17, 15) is 14.7 Å². The number of H-pyrrole nitrogens is 1. The molecule has 1 amide bonds. The maximum absolute atomic E-state index is 12.1. The van der Waals surface area contributed by atoms with Gasteiger partial charge in [0.05, 0.1) is 5.39 Å². The van der Waals surface area contributed by atoms with E-state index in [1.165, 1.54) is 23.7 Å². The lowest BCUT2D eigenvalue weighted by Crippen LogP contribution is -2.23. The molecule has 0 aliphatic heterocycles. The minimum Gasteiger partial charge on any atom is -0.506 e. The first kappa shape index (κ1) is 12.4. The van der Waals surface area contributed by atoms with E-state index >= 15 is 0 Å². The molecule has 3 rings (SSSR count). The summed E-state index contributed by atoms with van der Waals surface area (Å²) >= 11 is 1.28. The third-order valence-electron chi connectivity index (χ3n) is 2.78. The summed E-state index contributed by atoms with van der Waals surface area (Å²) in [4.78, 5) is 31.0. The summed E-state index contributed by atoms with van der Waals surface area (Å²) < 4.78 is 0. The van der Waals surface area contributed by atoms with Crippen molar-refractivity contribution in [3.8, 4) is 5.75 Å². The number of nitrogens with one attached hydrogen (secondary N) is 2. The van der Waals surface area contributed by atoms with E-state index in [1.807, 2.05) is 0 Å². The lowest BCUT2D eigenvalue weighted by Gasteiger charge is -2.06. The lowest BCUT2D eigenvalue weighted by molar-refractivity contribution is 0.102. The zero-order valence-electron chi connectivity index (χ0n) is 10.1. The summed E-state index contributed by atoms with van der Waals surface area (Å²) in [6.45, 7) is 0. The highest BCUT2D eigenvalue weighted by Crippen LogP contribution is 2.28. The zero-order valence-corrected chi connectivity index (χ0v) is 10.9. The number of fused-ring (bicyclic) bond motifs is 1. The first-order valence-electron chi connectivity index (χ1n) is 5.70. The first-order chi connectivity index (χ1) is 9.66. The Morgan fingerprint density at radius 1 is 1.30 bits per heavy atom. The van der Waals surface area contributed by atoms with E-state index in [0.29, 0.717) is 15.9 Å². The van der Waals surface area contributed by atoms with Crippen LogP contribution in [0.2, 0.25) is 0 Å². The van der Waals surface area contributed by atoms with Crippen LogP contribution in [0.1, 0.15) is 10.4 Å². The lowest BCUT2D eigenvalue weighted by atomic mass is 10.2. The quantitative estimate of drug-likeness (QED) is 0.671. The van der Waals surface area contributed by atoms with Crippen LogP contribution in [0.5, 0.6) is 5.75 Å². The van der Waals surface area contributed by atoms with Crippen molar-refractivity contribution in [3.63, 3.8) is 0 Å². The molecule has 0 atom stereocenters. The summed E-state index contributed by atoms with van der Waals surface area (Å²) in [5.74, 6) is -0.973. The number of pyridine rings is 2. The highest BCUT2D eigenvalue weighted by atomic mass is 32.1. The van der Waals surface area contributed by atoms with Gasteiger partial charge >= 0.3 is 0 Å². The molecular weight excluding hydrogens is 278 g/mol. The van der Waals surface area contributed by atoms with Crippen LogP contribution in [0.4, 0.5) is 5.69 Å². The Hall–Kier alpha value is -2.67. The number of hydrogen-bond acceptors (Lipinski definition) is 5. The number of thiophene rings is 1. The molecule has 6 nitrogen and oxygen atoms in total. The summed E-state index contributed by atoms with van der Waals surface area (Å²) in [5, 5.41) is 14.8. The Labute approximate surface area is 116 Å². The van der Waals surface area contributed by atoms with E-state index in [4.69, 9.17) is 0 Å². The van der Waals surface area contributed by atoms with Crippen molar-refractivity contribution in [2.75, 3.05) is 5.32 Å². The van der Waals surface area contributed by atoms with Crippen molar-refractivity contribution in [2.24, 2.45) is 0 Å². The molecule has 100 valence electrons. The van der Waals surface area contributed by atoms with Crippen LogP contribution in [0.3, 0.4) is 0 Å². The predicted molar refractivity (Wildman–Crippen MR) is 76.3 cm³/mol. The number of amides is 1. The van der Waals surface area contributed by atoms with Crippen molar-refractivity contribution in [2.45, 2.75) is 0 Å². The normalized spacial score (nSPS) is 10.6. The number of aromatic nitrogens is 2. The fourth-order valence-corrected chi connectivity index (χ4v) is 2.62. The number of nitrogens with zero attached hydrogens (tertiary/aromatic N) is 1.